The number of likely N-dealkylation sites (tertiary alicyclic amines) is 1. The first-order chi connectivity index (χ1) is 8.92. The quantitative estimate of drug-likeness (QED) is 0.677. The summed E-state index contributed by atoms with van der Waals surface area (Å²) < 4.78 is 49.5. The zero-order chi connectivity index (χ0) is 13.9. The second-order valence-corrected chi connectivity index (χ2v) is 4.73. The molecule has 1 unspecified atom stereocenters. The van der Waals surface area contributed by atoms with Gasteiger partial charge in [0.2, 0.25) is 5.95 Å². The van der Waals surface area contributed by atoms with Crippen LogP contribution in [0.5, 0.6) is 0 Å². The lowest BCUT2D eigenvalue weighted by Crippen LogP contribution is -2.33. The number of halogens is 4. The summed E-state index contributed by atoms with van der Waals surface area (Å²) in [5.41, 5.74) is 0. The molecule has 1 aliphatic heterocycles. The average molecular weight is 277 g/mol. The normalized spacial score (nSPS) is 20.7. The topological polar surface area (TPSA) is 28.2 Å². The minimum absolute atomic E-state index is 0.132. The molecule has 0 saturated carbocycles. The van der Waals surface area contributed by atoms with Gasteiger partial charge in [-0.15, -0.1) is 0 Å². The largest absolute Gasteiger partial charge is 0.401 e. The van der Waals surface area contributed by atoms with Gasteiger partial charge in [-0.1, -0.05) is 6.07 Å². The fourth-order valence-corrected chi connectivity index (χ4v) is 2.23. The molecule has 1 aromatic heterocycles. The van der Waals surface area contributed by atoms with E-state index < -0.39 is 18.7 Å². The lowest BCUT2D eigenvalue weighted by atomic mass is 10.1. The van der Waals surface area contributed by atoms with Crippen LogP contribution in [0.25, 0.3) is 0 Å². The molecule has 1 aliphatic rings. The summed E-state index contributed by atoms with van der Waals surface area (Å²) in [6, 6.07) is 4.41. The van der Waals surface area contributed by atoms with E-state index >= 15 is 0 Å². The predicted molar refractivity (Wildman–Crippen MR) is 63.3 cm³/mol. The monoisotopic (exact) mass is 277 g/mol. The van der Waals surface area contributed by atoms with Crippen molar-refractivity contribution in [1.29, 1.82) is 0 Å². The van der Waals surface area contributed by atoms with Gasteiger partial charge in [0.1, 0.15) is 5.82 Å². The molecule has 2 rings (SSSR count). The van der Waals surface area contributed by atoms with Crippen LogP contribution in [0, 0.1) is 11.9 Å². The summed E-state index contributed by atoms with van der Waals surface area (Å²) in [4.78, 5) is 5.04. The molecule has 3 nitrogen and oxygen atoms in total. The smallest absolute Gasteiger partial charge is 0.370 e. The van der Waals surface area contributed by atoms with Gasteiger partial charge < -0.3 is 5.32 Å². The molecule has 0 radical (unpaired) electrons. The van der Waals surface area contributed by atoms with E-state index in [0.29, 0.717) is 31.9 Å². The summed E-state index contributed by atoms with van der Waals surface area (Å²) in [7, 11) is 0. The van der Waals surface area contributed by atoms with Crippen molar-refractivity contribution in [2.24, 2.45) is 5.92 Å². The molecule has 19 heavy (non-hydrogen) atoms. The van der Waals surface area contributed by atoms with E-state index in [-0.39, 0.29) is 5.92 Å². The van der Waals surface area contributed by atoms with Gasteiger partial charge in [0.25, 0.3) is 0 Å². The van der Waals surface area contributed by atoms with Crippen molar-refractivity contribution in [3.05, 3.63) is 24.1 Å². The van der Waals surface area contributed by atoms with Gasteiger partial charge in [-0.2, -0.15) is 17.6 Å². The van der Waals surface area contributed by atoms with E-state index in [1.54, 1.807) is 6.07 Å². The number of nitrogens with zero attached hydrogens (tertiary/aromatic N) is 2. The third-order valence-electron chi connectivity index (χ3n) is 3.06. The molecular weight excluding hydrogens is 262 g/mol. The average Bonchev–Trinajstić information content (AvgIpc) is 2.72. The Bertz CT molecular complexity index is 422. The molecule has 1 fully saturated rings. The Labute approximate surface area is 108 Å². The van der Waals surface area contributed by atoms with Crippen LogP contribution < -0.4 is 5.32 Å². The Balaban J connectivity index is 1.76. The van der Waals surface area contributed by atoms with E-state index in [2.05, 4.69) is 10.3 Å². The highest BCUT2D eigenvalue weighted by atomic mass is 19.4. The molecule has 1 atom stereocenters. The molecule has 0 aliphatic carbocycles. The number of hydrogen-bond acceptors (Lipinski definition) is 3. The highest BCUT2D eigenvalue weighted by Gasteiger charge is 2.34. The van der Waals surface area contributed by atoms with Crippen LogP contribution in [0.2, 0.25) is 0 Å². The third kappa shape index (κ3) is 4.66. The van der Waals surface area contributed by atoms with Gasteiger partial charge >= 0.3 is 6.18 Å². The molecule has 1 aromatic rings. The van der Waals surface area contributed by atoms with Gasteiger partial charge in [0, 0.05) is 13.1 Å². The molecule has 1 N–H and O–H groups in total. The zero-order valence-corrected chi connectivity index (χ0v) is 10.3. The number of rotatable bonds is 4. The van der Waals surface area contributed by atoms with Gasteiger partial charge in [-0.25, -0.2) is 4.98 Å². The number of pyridine rings is 1. The van der Waals surface area contributed by atoms with Crippen molar-refractivity contribution in [2.75, 3.05) is 31.5 Å². The SMILES string of the molecule is Fc1cccc(NCC2CCN(CC(F)(F)F)C2)n1. The fourth-order valence-electron chi connectivity index (χ4n) is 2.23. The van der Waals surface area contributed by atoms with E-state index in [1.165, 1.54) is 17.0 Å². The Morgan fingerprint density at radius 2 is 2.16 bits per heavy atom. The Kier molecular flexibility index (Phi) is 4.24. The van der Waals surface area contributed by atoms with Crippen LogP contribution in [0.15, 0.2) is 18.2 Å². The summed E-state index contributed by atoms with van der Waals surface area (Å²) in [6.45, 7) is 0.497. The minimum Gasteiger partial charge on any atom is -0.370 e. The van der Waals surface area contributed by atoms with Crippen LogP contribution in [-0.4, -0.2) is 42.2 Å². The minimum atomic E-state index is -4.15. The Morgan fingerprint density at radius 3 is 2.84 bits per heavy atom. The summed E-state index contributed by atoms with van der Waals surface area (Å²) in [5.74, 6) is -0.0307. The van der Waals surface area contributed by atoms with Crippen molar-refractivity contribution >= 4 is 5.82 Å². The summed E-state index contributed by atoms with van der Waals surface area (Å²) >= 11 is 0. The van der Waals surface area contributed by atoms with Gasteiger partial charge in [0.15, 0.2) is 0 Å². The molecule has 2 heterocycles. The number of hydrogen-bond donors (Lipinski definition) is 1. The maximum absolute atomic E-state index is 12.8. The maximum Gasteiger partial charge on any atom is 0.401 e. The van der Waals surface area contributed by atoms with Gasteiger partial charge in [-0.3, -0.25) is 4.90 Å². The van der Waals surface area contributed by atoms with E-state index in [1.807, 2.05) is 0 Å². The molecule has 0 spiro atoms. The lowest BCUT2D eigenvalue weighted by Gasteiger charge is -2.18. The number of anilines is 1. The second-order valence-electron chi connectivity index (χ2n) is 4.73. The van der Waals surface area contributed by atoms with Crippen LogP contribution >= 0.6 is 0 Å². The zero-order valence-electron chi connectivity index (χ0n) is 10.3. The number of nitrogens with one attached hydrogen (secondary N) is 1. The molecular formula is C12H15F4N3. The van der Waals surface area contributed by atoms with Crippen molar-refractivity contribution in [1.82, 2.24) is 9.88 Å². The predicted octanol–water partition coefficient (Wildman–Crippen LogP) is 2.52. The van der Waals surface area contributed by atoms with Crippen LogP contribution in [0.1, 0.15) is 6.42 Å². The molecule has 7 heteroatoms. The molecule has 0 amide bonds. The van der Waals surface area contributed by atoms with Crippen molar-refractivity contribution in [3.63, 3.8) is 0 Å². The number of alkyl halides is 3. The van der Waals surface area contributed by atoms with Crippen molar-refractivity contribution < 1.29 is 17.6 Å². The molecule has 0 aromatic carbocycles. The third-order valence-corrected chi connectivity index (χ3v) is 3.06. The first-order valence-corrected chi connectivity index (χ1v) is 6.08. The maximum atomic E-state index is 12.8. The van der Waals surface area contributed by atoms with Crippen molar-refractivity contribution in [3.8, 4) is 0 Å². The molecule has 1 saturated heterocycles. The van der Waals surface area contributed by atoms with Gasteiger partial charge in [0.05, 0.1) is 6.54 Å². The highest BCUT2D eigenvalue weighted by Crippen LogP contribution is 2.22. The molecule has 106 valence electrons. The van der Waals surface area contributed by atoms with Crippen molar-refractivity contribution in [2.45, 2.75) is 12.6 Å². The Morgan fingerprint density at radius 1 is 1.37 bits per heavy atom. The first-order valence-electron chi connectivity index (χ1n) is 6.08. The summed E-state index contributed by atoms with van der Waals surface area (Å²) in [5, 5.41) is 2.95. The number of aromatic nitrogens is 1. The van der Waals surface area contributed by atoms with Crippen LogP contribution in [0.3, 0.4) is 0 Å². The lowest BCUT2D eigenvalue weighted by molar-refractivity contribution is -0.143. The molecule has 0 bridgehead atoms. The standard InChI is InChI=1S/C12H15F4N3/c13-10-2-1-3-11(18-10)17-6-9-4-5-19(7-9)8-12(14,15)16/h1-3,9H,4-8H2,(H,17,18). The van der Waals surface area contributed by atoms with E-state index in [0.717, 1.165) is 0 Å². The van der Waals surface area contributed by atoms with E-state index in [4.69, 9.17) is 0 Å². The Hall–Kier alpha value is -1.37. The fraction of sp³-hybridized carbons (Fsp3) is 0.583. The second kappa shape index (κ2) is 5.73. The highest BCUT2D eigenvalue weighted by molar-refractivity contribution is 5.33. The van der Waals surface area contributed by atoms with Crippen LogP contribution in [-0.2, 0) is 0 Å². The van der Waals surface area contributed by atoms with Gasteiger partial charge in [-0.05, 0) is 31.0 Å². The first kappa shape index (κ1) is 14.0. The van der Waals surface area contributed by atoms with E-state index in [9.17, 15) is 17.6 Å². The summed E-state index contributed by atoms with van der Waals surface area (Å²) in [6.07, 6.45) is -3.44. The van der Waals surface area contributed by atoms with Crippen LogP contribution in [0.4, 0.5) is 23.4 Å².